The molecule has 1 saturated heterocycles. The molecule has 4 nitrogen and oxygen atoms in total. The minimum atomic E-state index is -0.165. The molecule has 0 aliphatic carbocycles. The van der Waals surface area contributed by atoms with Crippen molar-refractivity contribution in [1.82, 2.24) is 4.98 Å². The molecule has 108 valence electrons. The van der Waals surface area contributed by atoms with Crippen LogP contribution in [-0.2, 0) is 11.4 Å². The summed E-state index contributed by atoms with van der Waals surface area (Å²) in [5.41, 5.74) is 1.07. The van der Waals surface area contributed by atoms with E-state index in [0.717, 1.165) is 5.56 Å². The van der Waals surface area contributed by atoms with Crippen molar-refractivity contribution in [1.29, 1.82) is 0 Å². The average molecular weight is 303 g/mol. The number of aromatic nitrogens is 1. The number of nitrogens with zero attached hydrogens (tertiary/aromatic N) is 2. The average Bonchev–Trinajstić information content (AvgIpc) is 2.85. The molecule has 1 unspecified atom stereocenters. The zero-order valence-corrected chi connectivity index (χ0v) is 12.2. The molecule has 1 aliphatic rings. The Kier molecular flexibility index (Phi) is 4.06. The van der Waals surface area contributed by atoms with Gasteiger partial charge in [0.2, 0.25) is 5.91 Å². The maximum absolute atomic E-state index is 12.0. The molecule has 0 spiro atoms. The highest BCUT2D eigenvalue weighted by Crippen LogP contribution is 2.30. The van der Waals surface area contributed by atoms with Gasteiger partial charge in [-0.05, 0) is 17.7 Å². The maximum Gasteiger partial charge on any atom is 0.229 e. The van der Waals surface area contributed by atoms with Crippen molar-refractivity contribution < 1.29 is 9.53 Å². The van der Waals surface area contributed by atoms with Crippen molar-refractivity contribution in [2.24, 2.45) is 0 Å². The van der Waals surface area contributed by atoms with E-state index in [4.69, 9.17) is 16.3 Å². The van der Waals surface area contributed by atoms with E-state index < -0.39 is 0 Å². The van der Waals surface area contributed by atoms with Crippen molar-refractivity contribution in [3.05, 3.63) is 54.2 Å². The molecule has 1 aliphatic heterocycles. The highest BCUT2D eigenvalue weighted by molar-refractivity contribution is 6.24. The number of alkyl halides is 1. The highest BCUT2D eigenvalue weighted by Gasteiger charge is 2.31. The van der Waals surface area contributed by atoms with Crippen LogP contribution in [0.3, 0.4) is 0 Å². The molecule has 0 saturated carbocycles. The third-order valence-corrected chi connectivity index (χ3v) is 3.61. The Bertz CT molecular complexity index is 633. The summed E-state index contributed by atoms with van der Waals surface area (Å²) < 4.78 is 5.82. The largest absolute Gasteiger partial charge is 0.485 e. The number of ether oxygens (including phenoxy) is 1. The first kappa shape index (κ1) is 13.9. The van der Waals surface area contributed by atoms with Gasteiger partial charge in [-0.1, -0.05) is 30.3 Å². The van der Waals surface area contributed by atoms with Crippen molar-refractivity contribution >= 4 is 23.3 Å². The molecular weight excluding hydrogens is 288 g/mol. The fourth-order valence-electron chi connectivity index (χ4n) is 2.30. The first-order valence-electron chi connectivity index (χ1n) is 6.80. The second-order valence-electron chi connectivity index (χ2n) is 4.91. The SMILES string of the molecule is O=C1CC(Cl)CN1c1ncccc1OCc1ccccc1. The van der Waals surface area contributed by atoms with E-state index in [0.29, 0.717) is 31.1 Å². The quantitative estimate of drug-likeness (QED) is 0.815. The number of amides is 1. The Morgan fingerprint density at radius 1 is 1.24 bits per heavy atom. The number of hydrogen-bond acceptors (Lipinski definition) is 3. The maximum atomic E-state index is 12.0. The van der Waals surface area contributed by atoms with E-state index in [-0.39, 0.29) is 11.3 Å². The van der Waals surface area contributed by atoms with Crippen LogP contribution in [0.25, 0.3) is 0 Å². The summed E-state index contributed by atoms with van der Waals surface area (Å²) in [4.78, 5) is 17.8. The molecule has 2 heterocycles. The standard InChI is InChI=1S/C16H15ClN2O2/c17-13-9-15(20)19(10-13)16-14(7-4-8-18-16)21-11-12-5-2-1-3-6-12/h1-8,13H,9-11H2. The molecule has 1 fully saturated rings. The second kappa shape index (κ2) is 6.14. The van der Waals surface area contributed by atoms with Crippen molar-refractivity contribution in [2.75, 3.05) is 11.4 Å². The number of carbonyl (C=O) groups excluding carboxylic acids is 1. The molecule has 5 heteroatoms. The van der Waals surface area contributed by atoms with Gasteiger partial charge in [0.1, 0.15) is 6.61 Å². The normalized spacial score (nSPS) is 18.0. The lowest BCUT2D eigenvalue weighted by molar-refractivity contribution is -0.117. The first-order chi connectivity index (χ1) is 10.2. The van der Waals surface area contributed by atoms with Gasteiger partial charge in [0.05, 0.1) is 5.38 Å². The molecule has 0 N–H and O–H groups in total. The Balaban J connectivity index is 1.78. The Morgan fingerprint density at radius 3 is 2.76 bits per heavy atom. The summed E-state index contributed by atoms with van der Waals surface area (Å²) in [6, 6.07) is 13.5. The van der Waals surface area contributed by atoms with Crippen molar-refractivity contribution in [3.8, 4) is 5.75 Å². The molecule has 0 bridgehead atoms. The van der Waals surface area contributed by atoms with Crippen LogP contribution in [0.1, 0.15) is 12.0 Å². The number of pyridine rings is 1. The molecule has 2 aromatic rings. The van der Waals surface area contributed by atoms with Gasteiger partial charge in [0.25, 0.3) is 0 Å². The lowest BCUT2D eigenvalue weighted by Gasteiger charge is -2.18. The number of carbonyl (C=O) groups is 1. The van der Waals surface area contributed by atoms with Crippen LogP contribution >= 0.6 is 11.6 Å². The predicted octanol–water partition coefficient (Wildman–Crippen LogP) is 3.00. The summed E-state index contributed by atoms with van der Waals surface area (Å²) in [5.74, 6) is 1.13. The fraction of sp³-hybridized carbons (Fsp3) is 0.250. The third-order valence-electron chi connectivity index (χ3n) is 3.32. The van der Waals surface area contributed by atoms with Gasteiger partial charge in [-0.15, -0.1) is 11.6 Å². The predicted molar refractivity (Wildman–Crippen MR) is 81.6 cm³/mol. The van der Waals surface area contributed by atoms with Crippen LogP contribution in [-0.4, -0.2) is 22.8 Å². The first-order valence-corrected chi connectivity index (χ1v) is 7.24. The van der Waals surface area contributed by atoms with E-state index in [2.05, 4.69) is 4.98 Å². The van der Waals surface area contributed by atoms with Gasteiger partial charge in [-0.3, -0.25) is 9.69 Å². The van der Waals surface area contributed by atoms with Gasteiger partial charge >= 0.3 is 0 Å². The van der Waals surface area contributed by atoms with Gasteiger partial charge in [0.15, 0.2) is 11.6 Å². The minimum absolute atomic E-state index is 0.0155. The minimum Gasteiger partial charge on any atom is -0.485 e. The summed E-state index contributed by atoms with van der Waals surface area (Å²) in [7, 11) is 0. The van der Waals surface area contributed by atoms with Crippen LogP contribution in [0.5, 0.6) is 5.75 Å². The van der Waals surface area contributed by atoms with E-state index in [1.807, 2.05) is 36.4 Å². The van der Waals surface area contributed by atoms with Crippen molar-refractivity contribution in [2.45, 2.75) is 18.4 Å². The van der Waals surface area contributed by atoms with Gasteiger partial charge in [-0.25, -0.2) is 4.98 Å². The monoisotopic (exact) mass is 302 g/mol. The second-order valence-corrected chi connectivity index (χ2v) is 5.52. The number of hydrogen-bond donors (Lipinski definition) is 0. The van der Waals surface area contributed by atoms with Gasteiger partial charge in [-0.2, -0.15) is 0 Å². The molecule has 21 heavy (non-hydrogen) atoms. The van der Waals surface area contributed by atoms with E-state index >= 15 is 0 Å². The number of halogens is 1. The number of rotatable bonds is 4. The van der Waals surface area contributed by atoms with Crippen LogP contribution in [0.4, 0.5) is 5.82 Å². The number of benzene rings is 1. The highest BCUT2D eigenvalue weighted by atomic mass is 35.5. The lowest BCUT2D eigenvalue weighted by Crippen LogP contribution is -2.26. The molecule has 0 radical (unpaired) electrons. The van der Waals surface area contributed by atoms with Crippen LogP contribution < -0.4 is 9.64 Å². The zero-order valence-electron chi connectivity index (χ0n) is 11.4. The summed E-state index contributed by atoms with van der Waals surface area (Å²) in [5, 5.41) is -0.165. The molecule has 1 amide bonds. The Morgan fingerprint density at radius 2 is 2.05 bits per heavy atom. The zero-order chi connectivity index (χ0) is 14.7. The molecule has 1 aromatic heterocycles. The molecule has 3 rings (SSSR count). The molecular formula is C16H15ClN2O2. The summed E-state index contributed by atoms with van der Waals surface area (Å²) in [6.45, 7) is 0.908. The summed E-state index contributed by atoms with van der Waals surface area (Å²) in [6.07, 6.45) is 2.00. The molecule has 1 aromatic carbocycles. The fourth-order valence-corrected chi connectivity index (χ4v) is 2.57. The summed E-state index contributed by atoms with van der Waals surface area (Å²) >= 11 is 6.05. The van der Waals surface area contributed by atoms with Crippen LogP contribution in [0.2, 0.25) is 0 Å². The van der Waals surface area contributed by atoms with Gasteiger partial charge in [0, 0.05) is 19.2 Å². The lowest BCUT2D eigenvalue weighted by atomic mass is 10.2. The third kappa shape index (κ3) is 3.16. The van der Waals surface area contributed by atoms with Crippen molar-refractivity contribution in [3.63, 3.8) is 0 Å². The smallest absolute Gasteiger partial charge is 0.229 e. The van der Waals surface area contributed by atoms with Gasteiger partial charge < -0.3 is 4.74 Å². The van der Waals surface area contributed by atoms with Crippen LogP contribution in [0.15, 0.2) is 48.7 Å². The van der Waals surface area contributed by atoms with E-state index in [1.165, 1.54) is 0 Å². The Hall–Kier alpha value is -2.07. The molecule has 1 atom stereocenters. The van der Waals surface area contributed by atoms with E-state index in [1.54, 1.807) is 17.2 Å². The van der Waals surface area contributed by atoms with Crippen LogP contribution in [0, 0.1) is 0 Å². The number of anilines is 1. The van der Waals surface area contributed by atoms with E-state index in [9.17, 15) is 4.79 Å². The topological polar surface area (TPSA) is 42.4 Å². The Labute approximate surface area is 128 Å².